The van der Waals surface area contributed by atoms with Crippen LogP contribution in [0.2, 0.25) is 0 Å². The Morgan fingerprint density at radius 3 is 2.54 bits per heavy atom. The molecular weight excluding hydrogens is 519 g/mol. The summed E-state index contributed by atoms with van der Waals surface area (Å²) in [6.45, 7) is 3.94. The molecule has 0 saturated carbocycles. The smallest absolute Gasteiger partial charge is 0.410 e. The summed E-state index contributed by atoms with van der Waals surface area (Å²) in [6, 6.07) is 10.5. The maximum atomic E-state index is 14.0. The van der Waals surface area contributed by atoms with Gasteiger partial charge < -0.3 is 14.5 Å². The zero-order valence-corrected chi connectivity index (χ0v) is 20.7. The van der Waals surface area contributed by atoms with Gasteiger partial charge in [0.1, 0.15) is 17.9 Å². The highest BCUT2D eigenvalue weighted by Crippen LogP contribution is 2.22. The van der Waals surface area contributed by atoms with Crippen molar-refractivity contribution >= 4 is 39.0 Å². The lowest BCUT2D eigenvalue weighted by atomic mass is 10.0. The molecule has 0 aliphatic carbocycles. The molecule has 2 aliphatic heterocycles. The molecule has 0 bridgehead atoms. The van der Waals surface area contributed by atoms with Gasteiger partial charge in [-0.2, -0.15) is 0 Å². The van der Waals surface area contributed by atoms with E-state index in [1.807, 2.05) is 11.0 Å². The topological polar surface area (TPSA) is 94.7 Å². The predicted octanol–water partition coefficient (Wildman–Crippen LogP) is 3.42. The quantitative estimate of drug-likeness (QED) is 0.540. The summed E-state index contributed by atoms with van der Waals surface area (Å²) in [4.78, 5) is 31.3. The number of fused-ring (bicyclic) bond motifs is 1. The van der Waals surface area contributed by atoms with Crippen molar-refractivity contribution in [3.63, 3.8) is 0 Å². The highest BCUT2D eigenvalue weighted by Gasteiger charge is 2.31. The zero-order chi connectivity index (χ0) is 24.4. The van der Waals surface area contributed by atoms with Gasteiger partial charge in [0.25, 0.3) is 5.91 Å². The van der Waals surface area contributed by atoms with Gasteiger partial charge in [-0.15, -0.1) is 5.10 Å². The Hall–Kier alpha value is -3.05. The highest BCUT2D eigenvalue weighted by molar-refractivity contribution is 9.10. The molecule has 3 aromatic rings. The Kier molecular flexibility index (Phi) is 6.96. The average Bonchev–Trinajstić information content (AvgIpc) is 3.36. The van der Waals surface area contributed by atoms with E-state index in [0.29, 0.717) is 53.3 Å². The van der Waals surface area contributed by atoms with E-state index in [9.17, 15) is 14.0 Å². The van der Waals surface area contributed by atoms with Crippen LogP contribution in [-0.4, -0.2) is 87.4 Å². The van der Waals surface area contributed by atoms with E-state index in [4.69, 9.17) is 4.74 Å². The lowest BCUT2D eigenvalue weighted by molar-refractivity contribution is 0.0392. The third-order valence-corrected chi connectivity index (χ3v) is 7.27. The van der Waals surface area contributed by atoms with Gasteiger partial charge in [0.05, 0.1) is 5.52 Å². The normalized spacial score (nSPS) is 17.7. The minimum atomic E-state index is -0.420. The molecule has 11 heteroatoms. The van der Waals surface area contributed by atoms with Crippen molar-refractivity contribution in [2.45, 2.75) is 25.5 Å². The van der Waals surface area contributed by atoms with Gasteiger partial charge in [0.2, 0.25) is 0 Å². The Balaban J connectivity index is 1.07. The Bertz CT molecular complexity index is 1220. The SMILES string of the molecule is O=C(OCc1ccc(Br)cc1F)N1CCN(C2CCN(C(=O)c3ccc4[nH]nnc4c3)CC2)CC1. The lowest BCUT2D eigenvalue weighted by Crippen LogP contribution is -2.54. The fourth-order valence-corrected chi connectivity index (χ4v) is 5.06. The number of piperidine rings is 1. The summed E-state index contributed by atoms with van der Waals surface area (Å²) >= 11 is 3.22. The first-order valence-corrected chi connectivity index (χ1v) is 12.5. The molecule has 2 saturated heterocycles. The van der Waals surface area contributed by atoms with Gasteiger partial charge in [-0.25, -0.2) is 9.18 Å². The molecular formula is C24H26BrFN6O3. The third-order valence-electron chi connectivity index (χ3n) is 6.78. The zero-order valence-electron chi connectivity index (χ0n) is 19.1. The molecule has 0 spiro atoms. The number of benzene rings is 2. The third kappa shape index (κ3) is 5.30. The van der Waals surface area contributed by atoms with Crippen LogP contribution < -0.4 is 0 Å². The van der Waals surface area contributed by atoms with Crippen LogP contribution in [0.25, 0.3) is 11.0 Å². The van der Waals surface area contributed by atoms with Crippen molar-refractivity contribution < 1.29 is 18.7 Å². The second-order valence-corrected chi connectivity index (χ2v) is 9.80. The number of likely N-dealkylation sites (tertiary alicyclic amines) is 1. The standard InChI is InChI=1S/C24H26BrFN6O3/c25-18-3-1-17(20(26)14-18)15-35-24(34)32-11-9-30(10-12-32)19-5-7-31(8-6-19)23(33)16-2-4-21-22(13-16)28-29-27-21/h1-4,13-14,19H,5-12,15H2,(H,27,28,29). The van der Waals surface area contributed by atoms with Crippen molar-refractivity contribution in [1.82, 2.24) is 30.1 Å². The molecule has 0 atom stereocenters. The molecule has 2 fully saturated rings. The van der Waals surface area contributed by atoms with Crippen LogP contribution in [0.15, 0.2) is 40.9 Å². The maximum absolute atomic E-state index is 14.0. The van der Waals surface area contributed by atoms with Crippen LogP contribution in [0.3, 0.4) is 0 Å². The number of hydrogen-bond donors (Lipinski definition) is 1. The number of amides is 2. The van der Waals surface area contributed by atoms with Gasteiger partial charge in [-0.1, -0.05) is 27.2 Å². The number of halogens is 2. The van der Waals surface area contributed by atoms with Crippen LogP contribution in [-0.2, 0) is 11.3 Å². The Labute approximate surface area is 210 Å². The molecule has 0 unspecified atom stereocenters. The van der Waals surface area contributed by atoms with Crippen molar-refractivity contribution in [2.24, 2.45) is 0 Å². The summed E-state index contributed by atoms with van der Waals surface area (Å²) in [5.41, 5.74) is 2.47. The van der Waals surface area contributed by atoms with Gasteiger partial charge in [-0.3, -0.25) is 14.8 Å². The highest BCUT2D eigenvalue weighted by atomic mass is 79.9. The van der Waals surface area contributed by atoms with Crippen LogP contribution in [0.5, 0.6) is 0 Å². The van der Waals surface area contributed by atoms with Crippen molar-refractivity contribution in [3.8, 4) is 0 Å². The van der Waals surface area contributed by atoms with E-state index in [1.54, 1.807) is 29.2 Å². The monoisotopic (exact) mass is 544 g/mol. The van der Waals surface area contributed by atoms with Crippen molar-refractivity contribution in [1.29, 1.82) is 0 Å². The maximum Gasteiger partial charge on any atom is 0.410 e. The van der Waals surface area contributed by atoms with Crippen LogP contribution in [0.1, 0.15) is 28.8 Å². The van der Waals surface area contributed by atoms with E-state index >= 15 is 0 Å². The van der Waals surface area contributed by atoms with Crippen molar-refractivity contribution in [2.75, 3.05) is 39.3 Å². The molecule has 5 rings (SSSR count). The van der Waals surface area contributed by atoms with E-state index in [1.165, 1.54) is 6.07 Å². The van der Waals surface area contributed by atoms with E-state index < -0.39 is 11.9 Å². The second kappa shape index (κ2) is 10.3. The first-order chi connectivity index (χ1) is 17.0. The fraction of sp³-hybridized carbons (Fsp3) is 0.417. The average molecular weight is 545 g/mol. The molecule has 3 heterocycles. The first-order valence-electron chi connectivity index (χ1n) is 11.7. The summed E-state index contributed by atoms with van der Waals surface area (Å²) in [7, 11) is 0. The van der Waals surface area contributed by atoms with Crippen molar-refractivity contribution in [3.05, 3.63) is 57.8 Å². The van der Waals surface area contributed by atoms with Crippen LogP contribution >= 0.6 is 15.9 Å². The van der Waals surface area contributed by atoms with Gasteiger partial charge in [-0.05, 0) is 43.2 Å². The van der Waals surface area contributed by atoms with E-state index in [-0.39, 0.29) is 12.5 Å². The predicted molar refractivity (Wildman–Crippen MR) is 130 cm³/mol. The second-order valence-electron chi connectivity index (χ2n) is 8.88. The van der Waals surface area contributed by atoms with Crippen LogP contribution in [0, 0.1) is 5.82 Å². The number of aromatic amines is 1. The number of hydrogen-bond acceptors (Lipinski definition) is 6. The molecule has 2 aliphatic rings. The number of aromatic nitrogens is 3. The number of H-pyrrole nitrogens is 1. The molecule has 184 valence electrons. The number of nitrogens with zero attached hydrogens (tertiary/aromatic N) is 5. The number of rotatable bonds is 4. The molecule has 2 aromatic carbocycles. The minimum Gasteiger partial charge on any atom is -0.444 e. The first kappa shape index (κ1) is 23.7. The number of carbonyl (C=O) groups is 2. The molecule has 35 heavy (non-hydrogen) atoms. The molecule has 1 N–H and O–H groups in total. The van der Waals surface area contributed by atoms with E-state index in [0.717, 1.165) is 31.4 Å². The molecule has 0 radical (unpaired) electrons. The lowest BCUT2D eigenvalue weighted by Gasteiger charge is -2.42. The molecule has 9 nitrogen and oxygen atoms in total. The summed E-state index contributed by atoms with van der Waals surface area (Å²) < 4.78 is 19.9. The number of carbonyl (C=O) groups excluding carboxylic acids is 2. The summed E-state index contributed by atoms with van der Waals surface area (Å²) in [5.74, 6) is -0.386. The molecule has 2 amide bonds. The van der Waals surface area contributed by atoms with Crippen LogP contribution in [0.4, 0.5) is 9.18 Å². The van der Waals surface area contributed by atoms with Gasteiger partial charge >= 0.3 is 6.09 Å². The largest absolute Gasteiger partial charge is 0.444 e. The number of piperazine rings is 1. The van der Waals surface area contributed by atoms with Gasteiger partial charge in [0.15, 0.2) is 0 Å². The fourth-order valence-electron chi connectivity index (χ4n) is 4.73. The number of ether oxygens (including phenoxy) is 1. The van der Waals surface area contributed by atoms with Gasteiger partial charge in [0, 0.05) is 60.9 Å². The van der Waals surface area contributed by atoms with E-state index in [2.05, 4.69) is 36.2 Å². The summed E-state index contributed by atoms with van der Waals surface area (Å²) in [6.07, 6.45) is 1.37. The Morgan fingerprint density at radius 2 is 1.80 bits per heavy atom. The molecule has 1 aromatic heterocycles. The number of nitrogens with one attached hydrogen (secondary N) is 1. The Morgan fingerprint density at radius 1 is 1.03 bits per heavy atom. The minimum absolute atomic E-state index is 0.0168. The summed E-state index contributed by atoms with van der Waals surface area (Å²) in [5, 5.41) is 10.6.